The maximum Gasteiger partial charge on any atom is 0.534 e. The molecule has 3 aromatic rings. The van der Waals surface area contributed by atoms with E-state index in [1.807, 2.05) is 0 Å². The minimum absolute atomic E-state index is 0.178. The van der Waals surface area contributed by atoms with Crippen LogP contribution in [-0.4, -0.2) is 52.2 Å². The first-order chi connectivity index (χ1) is 17.7. The lowest BCUT2D eigenvalue weighted by Gasteiger charge is -2.19. The first-order valence-electron chi connectivity index (χ1n) is 11.9. The second-order valence-corrected chi connectivity index (χ2v) is 10.2. The van der Waals surface area contributed by atoms with Gasteiger partial charge in [0.25, 0.3) is 0 Å². The first-order valence-corrected chi connectivity index (χ1v) is 13.3. The Labute approximate surface area is 213 Å². The van der Waals surface area contributed by atoms with Crippen molar-refractivity contribution in [2.45, 2.75) is 31.2 Å². The SMILES string of the molecule is COc1ccc2c(Oc3ccc(OCCN4CCCCCC4)cc3)c(OS(=O)(=O)C(F)(F)F)ccc2c1. The van der Waals surface area contributed by atoms with Crippen LogP contribution in [0, 0.1) is 0 Å². The van der Waals surface area contributed by atoms with Crippen LogP contribution in [0.4, 0.5) is 13.2 Å². The van der Waals surface area contributed by atoms with Gasteiger partial charge in [0, 0.05) is 11.9 Å². The second-order valence-electron chi connectivity index (χ2n) is 8.64. The molecule has 0 atom stereocenters. The summed E-state index contributed by atoms with van der Waals surface area (Å²) in [6.45, 7) is 3.49. The van der Waals surface area contributed by atoms with Crippen molar-refractivity contribution in [2.75, 3.05) is 33.4 Å². The highest BCUT2D eigenvalue weighted by Crippen LogP contribution is 2.42. The lowest BCUT2D eigenvalue weighted by atomic mass is 10.1. The predicted octanol–water partition coefficient (Wildman–Crippen LogP) is 6.12. The van der Waals surface area contributed by atoms with Gasteiger partial charge in [-0.2, -0.15) is 21.6 Å². The van der Waals surface area contributed by atoms with Crippen LogP contribution in [0.5, 0.6) is 28.7 Å². The molecule has 7 nitrogen and oxygen atoms in total. The third-order valence-electron chi connectivity index (χ3n) is 6.04. The number of rotatable bonds is 9. The zero-order valence-corrected chi connectivity index (χ0v) is 21.1. The van der Waals surface area contributed by atoms with Gasteiger partial charge in [0.1, 0.15) is 23.9 Å². The average molecular weight is 540 g/mol. The Hall–Kier alpha value is -3.18. The molecule has 200 valence electrons. The monoisotopic (exact) mass is 539 g/mol. The summed E-state index contributed by atoms with van der Waals surface area (Å²) < 4.78 is 83.7. The molecule has 0 radical (unpaired) electrons. The van der Waals surface area contributed by atoms with Gasteiger partial charge in [-0.1, -0.05) is 18.9 Å². The number of likely N-dealkylation sites (tertiary alicyclic amines) is 1. The van der Waals surface area contributed by atoms with Crippen LogP contribution in [0.2, 0.25) is 0 Å². The summed E-state index contributed by atoms with van der Waals surface area (Å²) >= 11 is 0. The molecule has 3 aromatic carbocycles. The Morgan fingerprint density at radius 3 is 2.16 bits per heavy atom. The van der Waals surface area contributed by atoms with Crippen molar-refractivity contribution in [3.8, 4) is 28.7 Å². The quantitative estimate of drug-likeness (QED) is 0.239. The second kappa shape index (κ2) is 11.5. The van der Waals surface area contributed by atoms with Crippen LogP contribution in [0.25, 0.3) is 10.8 Å². The average Bonchev–Trinajstić information content (AvgIpc) is 3.14. The zero-order valence-electron chi connectivity index (χ0n) is 20.3. The van der Waals surface area contributed by atoms with Crippen LogP contribution in [0.15, 0.2) is 54.6 Å². The van der Waals surface area contributed by atoms with Gasteiger partial charge in [0.05, 0.1) is 7.11 Å². The van der Waals surface area contributed by atoms with Gasteiger partial charge in [-0.3, -0.25) is 4.90 Å². The van der Waals surface area contributed by atoms with Gasteiger partial charge < -0.3 is 18.4 Å². The lowest BCUT2D eigenvalue weighted by Crippen LogP contribution is -2.29. The van der Waals surface area contributed by atoms with Gasteiger partial charge in [-0.15, -0.1) is 0 Å². The van der Waals surface area contributed by atoms with E-state index < -0.39 is 21.4 Å². The van der Waals surface area contributed by atoms with Crippen molar-refractivity contribution in [3.05, 3.63) is 54.6 Å². The Bertz CT molecular complexity index is 1300. The van der Waals surface area contributed by atoms with E-state index in [1.54, 1.807) is 42.5 Å². The summed E-state index contributed by atoms with van der Waals surface area (Å²) in [6.07, 6.45) is 4.92. The molecule has 0 amide bonds. The molecule has 0 N–H and O–H groups in total. The first kappa shape index (κ1) is 26.9. The Morgan fingerprint density at radius 1 is 0.865 bits per heavy atom. The Balaban J connectivity index is 1.53. The minimum atomic E-state index is -5.90. The number of alkyl halides is 3. The Morgan fingerprint density at radius 2 is 1.51 bits per heavy atom. The van der Waals surface area contributed by atoms with Crippen molar-refractivity contribution in [1.82, 2.24) is 4.90 Å². The standard InChI is InChI=1S/C26H28F3NO6S/c1-33-22-11-12-23-19(18-22)6-13-24(36-37(31,32)26(27,28)29)25(23)35-21-9-7-20(8-10-21)34-17-16-30-14-4-2-3-5-15-30/h6-13,18H,2-5,14-17H2,1H3. The summed E-state index contributed by atoms with van der Waals surface area (Å²) in [5, 5.41) is 0.896. The fourth-order valence-electron chi connectivity index (χ4n) is 4.10. The summed E-state index contributed by atoms with van der Waals surface area (Å²) in [4.78, 5) is 2.39. The number of halogens is 3. The van der Waals surface area contributed by atoms with E-state index >= 15 is 0 Å². The third-order valence-corrected chi connectivity index (χ3v) is 7.01. The summed E-state index contributed by atoms with van der Waals surface area (Å²) in [5.74, 6) is 0.616. The maximum absolute atomic E-state index is 13.0. The van der Waals surface area contributed by atoms with Crippen molar-refractivity contribution in [1.29, 1.82) is 0 Å². The summed E-state index contributed by atoms with van der Waals surface area (Å²) in [5.41, 5.74) is -5.59. The molecule has 0 spiro atoms. The van der Waals surface area contributed by atoms with E-state index in [4.69, 9.17) is 14.2 Å². The molecule has 0 aromatic heterocycles. The fraction of sp³-hybridized carbons (Fsp3) is 0.385. The number of hydrogen-bond donors (Lipinski definition) is 0. The van der Waals surface area contributed by atoms with E-state index in [-0.39, 0.29) is 11.5 Å². The molecule has 37 heavy (non-hydrogen) atoms. The molecule has 0 saturated carbocycles. The number of nitrogens with zero attached hydrogens (tertiary/aromatic N) is 1. The minimum Gasteiger partial charge on any atom is -0.497 e. The van der Waals surface area contributed by atoms with E-state index in [9.17, 15) is 21.6 Å². The van der Waals surface area contributed by atoms with Crippen LogP contribution in [0.1, 0.15) is 25.7 Å². The van der Waals surface area contributed by atoms with Crippen LogP contribution >= 0.6 is 0 Å². The molecule has 0 bridgehead atoms. The molecule has 4 rings (SSSR count). The maximum atomic E-state index is 13.0. The van der Waals surface area contributed by atoms with E-state index in [0.717, 1.165) is 25.7 Å². The highest BCUT2D eigenvalue weighted by atomic mass is 32.2. The van der Waals surface area contributed by atoms with E-state index in [2.05, 4.69) is 9.08 Å². The zero-order chi connectivity index (χ0) is 26.5. The topological polar surface area (TPSA) is 74.3 Å². The normalized spacial score (nSPS) is 15.2. The van der Waals surface area contributed by atoms with E-state index in [0.29, 0.717) is 28.9 Å². The largest absolute Gasteiger partial charge is 0.534 e. The number of methoxy groups -OCH3 is 1. The fourth-order valence-corrected chi connectivity index (χ4v) is 4.56. The highest BCUT2D eigenvalue weighted by molar-refractivity contribution is 7.88. The van der Waals surface area contributed by atoms with Crippen LogP contribution in [-0.2, 0) is 10.1 Å². The smallest absolute Gasteiger partial charge is 0.497 e. The molecule has 1 aliphatic heterocycles. The van der Waals surface area contributed by atoms with Crippen LogP contribution in [0.3, 0.4) is 0 Å². The third kappa shape index (κ3) is 6.78. The van der Waals surface area contributed by atoms with Crippen molar-refractivity contribution < 1.29 is 40.0 Å². The number of fused-ring (bicyclic) bond motifs is 1. The summed E-state index contributed by atoms with van der Waals surface area (Å²) in [7, 11) is -4.43. The van der Waals surface area contributed by atoms with Crippen molar-refractivity contribution in [3.63, 3.8) is 0 Å². The molecular formula is C26H28F3NO6S. The van der Waals surface area contributed by atoms with Gasteiger partial charge in [0.2, 0.25) is 0 Å². The number of hydrogen-bond acceptors (Lipinski definition) is 7. The number of ether oxygens (including phenoxy) is 3. The molecule has 0 aliphatic carbocycles. The molecule has 1 fully saturated rings. The molecule has 1 heterocycles. The lowest BCUT2D eigenvalue weighted by molar-refractivity contribution is -0.0500. The molecule has 1 aliphatic rings. The predicted molar refractivity (Wildman–Crippen MR) is 133 cm³/mol. The number of benzene rings is 3. The van der Waals surface area contributed by atoms with Gasteiger partial charge in [-0.05, 0) is 79.8 Å². The Kier molecular flexibility index (Phi) is 8.33. The molecule has 0 unspecified atom stereocenters. The van der Waals surface area contributed by atoms with Crippen molar-refractivity contribution in [2.24, 2.45) is 0 Å². The molecule has 11 heteroatoms. The van der Waals surface area contributed by atoms with Crippen LogP contribution < -0.4 is 18.4 Å². The van der Waals surface area contributed by atoms with E-state index in [1.165, 1.54) is 38.9 Å². The van der Waals surface area contributed by atoms with Gasteiger partial charge in [0.15, 0.2) is 11.5 Å². The molecular weight excluding hydrogens is 511 g/mol. The highest BCUT2D eigenvalue weighted by Gasteiger charge is 2.49. The van der Waals surface area contributed by atoms with Crippen molar-refractivity contribution >= 4 is 20.9 Å². The van der Waals surface area contributed by atoms with Gasteiger partial charge >= 0.3 is 15.6 Å². The molecule has 1 saturated heterocycles. The summed E-state index contributed by atoms with van der Waals surface area (Å²) in [6, 6.07) is 13.9. The van der Waals surface area contributed by atoms with Gasteiger partial charge in [-0.25, -0.2) is 0 Å².